The molecule has 0 amide bonds. The Morgan fingerprint density at radius 1 is 1.07 bits per heavy atom. The van der Waals surface area contributed by atoms with Gasteiger partial charge in [-0.1, -0.05) is 71.2 Å². The van der Waals surface area contributed by atoms with Crippen molar-refractivity contribution in [3.63, 3.8) is 0 Å². The molecule has 5 nitrogen and oxygen atoms in total. The number of aryl methyl sites for hydroxylation is 1. The number of carbonyl (C=O) groups is 1. The van der Waals surface area contributed by atoms with Gasteiger partial charge < -0.3 is 0 Å². The molecule has 1 aliphatic rings. The first-order valence-corrected chi connectivity index (χ1v) is 10.6. The minimum atomic E-state index is -4.07. The second-order valence-electron chi connectivity index (χ2n) is 6.31. The molecule has 0 aliphatic carbocycles. The molecule has 2 aromatic carbocycles. The number of alkyl halides is 2. The molecule has 0 fully saturated rings. The van der Waals surface area contributed by atoms with Gasteiger partial charge in [-0.2, -0.15) is 0 Å². The quantitative estimate of drug-likeness (QED) is 0.683. The first kappa shape index (κ1) is 19.9. The summed E-state index contributed by atoms with van der Waals surface area (Å²) in [5.74, 6) is -0.389. The number of hydrogen-bond acceptors (Lipinski definition) is 4. The summed E-state index contributed by atoms with van der Waals surface area (Å²) in [6.45, 7) is 3.20. The Labute approximate surface area is 168 Å². The van der Waals surface area contributed by atoms with Gasteiger partial charge in [0.1, 0.15) is 17.9 Å². The Balaban J connectivity index is 2.15. The van der Waals surface area contributed by atoms with E-state index in [4.69, 9.17) is 23.2 Å². The van der Waals surface area contributed by atoms with Crippen LogP contribution in [0.4, 0.5) is 0 Å². The standard InChI is InChI=1S/C19H18Cl2N2O3S/c1-12-8-10-15(11-9-12)27(25,26)23-17(13(2)24)16(22-19(23)18(20)21)14-6-4-3-5-7-14/h3-11,16-18H,1-2H3/t16-,17-/m1/s1. The summed E-state index contributed by atoms with van der Waals surface area (Å²) in [6.07, 6.45) is 0. The molecule has 0 radical (unpaired) electrons. The number of ketones is 1. The molecule has 0 unspecified atom stereocenters. The van der Waals surface area contributed by atoms with E-state index in [2.05, 4.69) is 4.99 Å². The van der Waals surface area contributed by atoms with E-state index in [0.29, 0.717) is 5.56 Å². The van der Waals surface area contributed by atoms with Crippen LogP contribution in [0.15, 0.2) is 64.5 Å². The lowest BCUT2D eigenvalue weighted by molar-refractivity contribution is -0.120. The zero-order chi connectivity index (χ0) is 19.8. The summed E-state index contributed by atoms with van der Waals surface area (Å²) < 4.78 is 27.6. The van der Waals surface area contributed by atoms with Gasteiger partial charge in [-0.15, -0.1) is 0 Å². The predicted octanol–water partition coefficient (Wildman–Crippen LogP) is 3.90. The summed E-state index contributed by atoms with van der Waals surface area (Å²) in [5.41, 5.74) is 1.63. The van der Waals surface area contributed by atoms with Gasteiger partial charge in [-0.05, 0) is 31.5 Å². The molecular weight excluding hydrogens is 407 g/mol. The summed E-state index contributed by atoms with van der Waals surface area (Å²) in [7, 11) is -4.07. The fourth-order valence-corrected chi connectivity index (χ4v) is 5.19. The van der Waals surface area contributed by atoms with Crippen LogP contribution in [0, 0.1) is 6.92 Å². The summed E-state index contributed by atoms with van der Waals surface area (Å²) in [6, 6.07) is 13.6. The van der Waals surface area contributed by atoms with E-state index in [0.717, 1.165) is 9.87 Å². The smallest absolute Gasteiger partial charge is 0.266 e. The fourth-order valence-electron chi connectivity index (χ4n) is 3.08. The second kappa shape index (κ2) is 7.62. The third-order valence-electron chi connectivity index (χ3n) is 4.38. The van der Waals surface area contributed by atoms with Gasteiger partial charge >= 0.3 is 0 Å². The molecule has 0 saturated carbocycles. The van der Waals surface area contributed by atoms with Gasteiger partial charge in [0, 0.05) is 0 Å². The number of aliphatic imine (C=N–C) groups is 1. The Morgan fingerprint density at radius 2 is 1.67 bits per heavy atom. The van der Waals surface area contributed by atoms with Crippen LogP contribution in [0.3, 0.4) is 0 Å². The molecule has 3 rings (SSSR count). The first-order valence-electron chi connectivity index (χ1n) is 8.26. The van der Waals surface area contributed by atoms with Crippen molar-refractivity contribution in [2.45, 2.75) is 35.7 Å². The summed E-state index contributed by atoms with van der Waals surface area (Å²) >= 11 is 12.1. The number of rotatable bonds is 5. The van der Waals surface area contributed by atoms with Gasteiger partial charge in [0.15, 0.2) is 10.6 Å². The predicted molar refractivity (Wildman–Crippen MR) is 107 cm³/mol. The molecule has 1 heterocycles. The molecule has 0 bridgehead atoms. The zero-order valence-electron chi connectivity index (χ0n) is 14.7. The third kappa shape index (κ3) is 3.74. The van der Waals surface area contributed by atoms with Crippen molar-refractivity contribution in [3.8, 4) is 0 Å². The lowest BCUT2D eigenvalue weighted by Gasteiger charge is -2.28. The van der Waals surface area contributed by atoms with Crippen molar-refractivity contribution in [2.24, 2.45) is 4.99 Å². The molecule has 142 valence electrons. The van der Waals surface area contributed by atoms with Crippen LogP contribution in [0.1, 0.15) is 24.1 Å². The molecular formula is C19H18Cl2N2O3S. The second-order valence-corrected chi connectivity index (χ2v) is 9.22. The van der Waals surface area contributed by atoms with Crippen LogP contribution in [0.2, 0.25) is 0 Å². The molecule has 2 atom stereocenters. The molecule has 2 aromatic rings. The maximum atomic E-state index is 13.3. The van der Waals surface area contributed by atoms with Gasteiger partial charge in [-0.3, -0.25) is 9.79 Å². The fraction of sp³-hybridized carbons (Fsp3) is 0.263. The van der Waals surface area contributed by atoms with Crippen molar-refractivity contribution in [1.29, 1.82) is 0 Å². The Hall–Kier alpha value is -1.89. The highest BCUT2D eigenvalue weighted by atomic mass is 35.5. The summed E-state index contributed by atoms with van der Waals surface area (Å²) in [5, 5.41) is 0. The lowest BCUT2D eigenvalue weighted by Crippen LogP contribution is -2.47. The van der Waals surface area contributed by atoms with Crippen LogP contribution >= 0.6 is 23.2 Å². The number of Topliss-reactive ketones (excluding diaryl/α,β-unsaturated/α-hetero) is 1. The van der Waals surface area contributed by atoms with E-state index in [1.165, 1.54) is 19.1 Å². The number of halogens is 2. The average Bonchev–Trinajstić information content (AvgIpc) is 3.05. The van der Waals surface area contributed by atoms with Crippen molar-refractivity contribution >= 4 is 44.8 Å². The van der Waals surface area contributed by atoms with Crippen molar-refractivity contribution in [1.82, 2.24) is 4.31 Å². The van der Waals surface area contributed by atoms with E-state index in [-0.39, 0.29) is 16.5 Å². The highest BCUT2D eigenvalue weighted by Gasteiger charge is 2.48. The highest BCUT2D eigenvalue weighted by Crippen LogP contribution is 2.38. The number of amidine groups is 1. The topological polar surface area (TPSA) is 66.8 Å². The van der Waals surface area contributed by atoms with Crippen LogP contribution in [-0.2, 0) is 14.8 Å². The molecule has 0 N–H and O–H groups in total. The maximum absolute atomic E-state index is 13.3. The van der Waals surface area contributed by atoms with E-state index in [9.17, 15) is 13.2 Å². The van der Waals surface area contributed by atoms with Gasteiger partial charge in [0.25, 0.3) is 10.0 Å². The lowest BCUT2D eigenvalue weighted by atomic mass is 9.98. The van der Waals surface area contributed by atoms with Gasteiger partial charge in [0.2, 0.25) is 0 Å². The molecule has 27 heavy (non-hydrogen) atoms. The minimum Gasteiger partial charge on any atom is -0.298 e. The number of nitrogens with zero attached hydrogens (tertiary/aromatic N) is 2. The minimum absolute atomic E-state index is 0.0482. The SMILES string of the molecule is CC(=O)[C@@H]1[C@@H](c2ccccc2)N=C(C(Cl)Cl)N1S(=O)(=O)c1ccc(C)cc1. The van der Waals surface area contributed by atoms with Crippen LogP contribution < -0.4 is 0 Å². The molecule has 0 spiro atoms. The first-order chi connectivity index (χ1) is 12.7. The number of sulfonamides is 1. The average molecular weight is 425 g/mol. The molecule has 0 aromatic heterocycles. The van der Waals surface area contributed by atoms with Crippen molar-refractivity contribution in [2.75, 3.05) is 0 Å². The molecule has 8 heteroatoms. The van der Waals surface area contributed by atoms with E-state index in [1.807, 2.05) is 13.0 Å². The van der Waals surface area contributed by atoms with E-state index < -0.39 is 26.9 Å². The number of carbonyl (C=O) groups excluding carboxylic acids is 1. The normalized spacial score (nSPS) is 20.0. The largest absolute Gasteiger partial charge is 0.298 e. The van der Waals surface area contributed by atoms with E-state index in [1.54, 1.807) is 36.4 Å². The van der Waals surface area contributed by atoms with Gasteiger partial charge in [0.05, 0.1) is 4.90 Å². The third-order valence-corrected chi connectivity index (χ3v) is 6.57. The summed E-state index contributed by atoms with van der Waals surface area (Å²) in [4.78, 5) is 15.8. The van der Waals surface area contributed by atoms with Crippen LogP contribution in [0.5, 0.6) is 0 Å². The van der Waals surface area contributed by atoms with Crippen LogP contribution in [-0.4, -0.2) is 35.2 Å². The molecule has 0 saturated heterocycles. The van der Waals surface area contributed by atoms with Gasteiger partial charge in [-0.25, -0.2) is 12.7 Å². The Bertz CT molecular complexity index is 974. The van der Waals surface area contributed by atoms with Crippen molar-refractivity contribution < 1.29 is 13.2 Å². The Kier molecular flexibility index (Phi) is 5.60. The van der Waals surface area contributed by atoms with Crippen LogP contribution in [0.25, 0.3) is 0 Å². The van der Waals surface area contributed by atoms with Crippen molar-refractivity contribution in [3.05, 3.63) is 65.7 Å². The molecule has 1 aliphatic heterocycles. The number of benzene rings is 2. The Morgan fingerprint density at radius 3 is 2.19 bits per heavy atom. The highest BCUT2D eigenvalue weighted by molar-refractivity contribution is 7.89. The maximum Gasteiger partial charge on any atom is 0.266 e. The van der Waals surface area contributed by atoms with E-state index >= 15 is 0 Å². The zero-order valence-corrected chi connectivity index (χ0v) is 17.0. The monoisotopic (exact) mass is 424 g/mol. The number of hydrogen-bond donors (Lipinski definition) is 0.